The van der Waals surface area contributed by atoms with Crippen LogP contribution in [0.25, 0.3) is 0 Å². The zero-order chi connectivity index (χ0) is 12.8. The van der Waals surface area contributed by atoms with Crippen molar-refractivity contribution in [3.8, 4) is 17.6 Å². The predicted octanol–water partition coefficient (Wildman–Crippen LogP) is 2.98. The Kier molecular flexibility index (Phi) is 4.21. The van der Waals surface area contributed by atoms with Gasteiger partial charge in [0.2, 0.25) is 0 Å². The standard InChI is InChI=1S/C13H9ClFNO2/c14-5-1-2-11-6-12(15)3-4-13(11)17-8-10-7-16-18-9-10/h3-4,6-7,9H,5,8H2. The quantitative estimate of drug-likeness (QED) is 0.632. The molecule has 1 aromatic carbocycles. The minimum Gasteiger partial charge on any atom is -0.487 e. The van der Waals surface area contributed by atoms with Gasteiger partial charge in [-0.05, 0) is 18.2 Å². The molecular formula is C13H9ClFNO2. The summed E-state index contributed by atoms with van der Waals surface area (Å²) in [7, 11) is 0. The Labute approximate surface area is 108 Å². The normalized spacial score (nSPS) is 9.67. The summed E-state index contributed by atoms with van der Waals surface area (Å²) in [5.74, 6) is 5.72. The molecule has 0 aliphatic rings. The Hall–Kier alpha value is -1.99. The summed E-state index contributed by atoms with van der Waals surface area (Å²) >= 11 is 5.47. The summed E-state index contributed by atoms with van der Waals surface area (Å²) < 4.78 is 23.3. The van der Waals surface area contributed by atoms with Gasteiger partial charge >= 0.3 is 0 Å². The summed E-state index contributed by atoms with van der Waals surface area (Å²) in [5, 5.41) is 3.56. The summed E-state index contributed by atoms with van der Waals surface area (Å²) in [5.41, 5.74) is 1.25. The van der Waals surface area contributed by atoms with Crippen LogP contribution in [0.4, 0.5) is 4.39 Å². The molecule has 3 nitrogen and oxygen atoms in total. The van der Waals surface area contributed by atoms with Crippen molar-refractivity contribution >= 4 is 11.6 Å². The highest BCUT2D eigenvalue weighted by Gasteiger charge is 2.04. The van der Waals surface area contributed by atoms with Crippen molar-refractivity contribution in [3.63, 3.8) is 0 Å². The molecule has 0 saturated carbocycles. The third-order valence-electron chi connectivity index (χ3n) is 2.11. The van der Waals surface area contributed by atoms with Crippen LogP contribution in [-0.2, 0) is 6.61 Å². The second kappa shape index (κ2) is 6.08. The molecule has 18 heavy (non-hydrogen) atoms. The number of alkyl halides is 1. The predicted molar refractivity (Wildman–Crippen MR) is 64.8 cm³/mol. The van der Waals surface area contributed by atoms with Crippen LogP contribution in [0.1, 0.15) is 11.1 Å². The van der Waals surface area contributed by atoms with Gasteiger partial charge in [0.25, 0.3) is 0 Å². The first-order chi connectivity index (χ1) is 8.79. The molecule has 1 heterocycles. The highest BCUT2D eigenvalue weighted by atomic mass is 35.5. The van der Waals surface area contributed by atoms with Crippen LogP contribution in [0.5, 0.6) is 5.75 Å². The number of ether oxygens (including phenoxy) is 1. The number of halogens is 2. The van der Waals surface area contributed by atoms with Crippen molar-refractivity contribution < 1.29 is 13.7 Å². The maximum absolute atomic E-state index is 13.1. The van der Waals surface area contributed by atoms with Gasteiger partial charge in [-0.2, -0.15) is 0 Å². The van der Waals surface area contributed by atoms with Crippen LogP contribution in [0, 0.1) is 17.7 Å². The molecule has 0 fully saturated rings. The summed E-state index contributed by atoms with van der Waals surface area (Å²) in [6.45, 7) is 0.282. The molecule has 2 rings (SSSR count). The minimum atomic E-state index is -0.369. The zero-order valence-electron chi connectivity index (χ0n) is 9.32. The van der Waals surface area contributed by atoms with Gasteiger partial charge in [0.1, 0.15) is 24.4 Å². The average Bonchev–Trinajstić information content (AvgIpc) is 2.88. The molecule has 0 unspecified atom stereocenters. The molecule has 0 radical (unpaired) electrons. The van der Waals surface area contributed by atoms with Crippen molar-refractivity contribution in [2.24, 2.45) is 0 Å². The van der Waals surface area contributed by atoms with Crippen LogP contribution in [0.3, 0.4) is 0 Å². The first-order valence-electron chi connectivity index (χ1n) is 5.15. The Morgan fingerprint density at radius 3 is 3.06 bits per heavy atom. The van der Waals surface area contributed by atoms with Crippen LogP contribution >= 0.6 is 11.6 Å². The molecule has 92 valence electrons. The van der Waals surface area contributed by atoms with Crippen LogP contribution < -0.4 is 4.74 Å². The molecule has 0 atom stereocenters. The fourth-order valence-corrected chi connectivity index (χ4v) is 1.38. The SMILES string of the molecule is Fc1ccc(OCc2cnoc2)c(C#CCCl)c1. The molecular weight excluding hydrogens is 257 g/mol. The number of benzene rings is 1. The Balaban J connectivity index is 2.16. The lowest BCUT2D eigenvalue weighted by molar-refractivity contribution is 0.303. The second-order valence-electron chi connectivity index (χ2n) is 3.40. The van der Waals surface area contributed by atoms with Crippen LogP contribution in [0.15, 0.2) is 35.2 Å². The van der Waals surface area contributed by atoms with E-state index in [0.717, 1.165) is 5.56 Å². The van der Waals surface area contributed by atoms with E-state index in [-0.39, 0.29) is 18.3 Å². The molecule has 0 spiro atoms. The van der Waals surface area contributed by atoms with Crippen LogP contribution in [-0.4, -0.2) is 11.0 Å². The number of hydrogen-bond acceptors (Lipinski definition) is 3. The second-order valence-corrected chi connectivity index (χ2v) is 3.66. The average molecular weight is 266 g/mol. The van der Waals surface area contributed by atoms with Crippen molar-refractivity contribution in [2.45, 2.75) is 6.61 Å². The van der Waals surface area contributed by atoms with E-state index in [1.54, 1.807) is 6.20 Å². The fourth-order valence-electron chi connectivity index (χ4n) is 1.31. The lowest BCUT2D eigenvalue weighted by Crippen LogP contribution is -1.96. The first-order valence-corrected chi connectivity index (χ1v) is 5.68. The van der Waals surface area contributed by atoms with Gasteiger partial charge in [-0.15, -0.1) is 11.6 Å². The number of hydrogen-bond donors (Lipinski definition) is 0. The highest BCUT2D eigenvalue weighted by Crippen LogP contribution is 2.20. The molecule has 0 aliphatic carbocycles. The summed E-state index contributed by atoms with van der Waals surface area (Å²) in [6, 6.07) is 4.15. The molecule has 5 heteroatoms. The van der Waals surface area contributed by atoms with Crippen molar-refractivity contribution in [2.75, 3.05) is 5.88 Å². The fraction of sp³-hybridized carbons (Fsp3) is 0.154. The first kappa shape index (κ1) is 12.5. The molecule has 0 saturated heterocycles. The van der Waals surface area contributed by atoms with Crippen LogP contribution in [0.2, 0.25) is 0 Å². The van der Waals surface area contributed by atoms with Gasteiger partial charge in [0.15, 0.2) is 0 Å². The third kappa shape index (κ3) is 3.25. The largest absolute Gasteiger partial charge is 0.487 e. The van der Waals surface area contributed by atoms with Crippen molar-refractivity contribution in [3.05, 3.63) is 47.6 Å². The van der Waals surface area contributed by atoms with E-state index in [1.165, 1.54) is 24.5 Å². The van der Waals surface area contributed by atoms with E-state index < -0.39 is 0 Å². The Morgan fingerprint density at radius 2 is 2.33 bits per heavy atom. The van der Waals surface area contributed by atoms with Gasteiger partial charge in [-0.3, -0.25) is 0 Å². The monoisotopic (exact) mass is 265 g/mol. The van der Waals surface area contributed by atoms with Crippen molar-refractivity contribution in [1.29, 1.82) is 0 Å². The maximum Gasteiger partial charge on any atom is 0.135 e. The minimum absolute atomic E-state index is 0.182. The molecule has 0 aliphatic heterocycles. The van der Waals surface area contributed by atoms with Gasteiger partial charge in [-0.1, -0.05) is 17.0 Å². The summed E-state index contributed by atoms with van der Waals surface area (Å²) in [4.78, 5) is 0. The van der Waals surface area contributed by atoms with E-state index in [9.17, 15) is 4.39 Å². The molecule has 0 amide bonds. The Morgan fingerprint density at radius 1 is 1.44 bits per heavy atom. The van der Waals surface area contributed by atoms with E-state index in [0.29, 0.717) is 11.3 Å². The van der Waals surface area contributed by atoms with Gasteiger partial charge < -0.3 is 9.26 Å². The topological polar surface area (TPSA) is 35.3 Å². The van der Waals surface area contributed by atoms with E-state index >= 15 is 0 Å². The molecule has 1 aromatic heterocycles. The Bertz CT molecular complexity index is 572. The number of rotatable bonds is 3. The summed E-state index contributed by atoms with van der Waals surface area (Å²) in [6.07, 6.45) is 3.03. The number of nitrogens with zero attached hydrogens (tertiary/aromatic N) is 1. The zero-order valence-corrected chi connectivity index (χ0v) is 10.1. The molecule has 2 aromatic rings. The molecule has 0 bridgehead atoms. The van der Waals surface area contributed by atoms with Gasteiger partial charge in [-0.25, -0.2) is 4.39 Å². The van der Waals surface area contributed by atoms with E-state index in [1.807, 2.05) is 0 Å². The lowest BCUT2D eigenvalue weighted by atomic mass is 10.2. The van der Waals surface area contributed by atoms with Crippen molar-refractivity contribution in [1.82, 2.24) is 5.16 Å². The third-order valence-corrected chi connectivity index (χ3v) is 2.24. The number of aromatic nitrogens is 1. The highest BCUT2D eigenvalue weighted by molar-refractivity contribution is 6.19. The lowest BCUT2D eigenvalue weighted by Gasteiger charge is -2.06. The van der Waals surface area contributed by atoms with E-state index in [2.05, 4.69) is 21.5 Å². The maximum atomic E-state index is 13.1. The molecule has 0 N–H and O–H groups in total. The smallest absolute Gasteiger partial charge is 0.135 e. The van der Waals surface area contributed by atoms with Gasteiger partial charge in [0, 0.05) is 5.56 Å². The van der Waals surface area contributed by atoms with E-state index in [4.69, 9.17) is 16.3 Å². The van der Waals surface area contributed by atoms with Gasteiger partial charge in [0.05, 0.1) is 17.6 Å².